The van der Waals surface area contributed by atoms with Crippen LogP contribution < -0.4 is 5.32 Å². The van der Waals surface area contributed by atoms with Crippen molar-refractivity contribution in [1.29, 1.82) is 0 Å². The van der Waals surface area contributed by atoms with E-state index in [0.717, 1.165) is 0 Å². The van der Waals surface area contributed by atoms with Gasteiger partial charge in [0, 0.05) is 19.7 Å². The van der Waals surface area contributed by atoms with E-state index in [4.69, 9.17) is 9.47 Å². The van der Waals surface area contributed by atoms with E-state index < -0.39 is 16.1 Å². The number of benzene rings is 1. The predicted octanol–water partition coefficient (Wildman–Crippen LogP) is 1.07. The highest BCUT2D eigenvalue weighted by atomic mass is 32.2. The van der Waals surface area contributed by atoms with Crippen molar-refractivity contribution in [3.05, 3.63) is 24.3 Å². The number of hydrogen-bond donors (Lipinski definition) is 1. The molecule has 0 unspecified atom stereocenters. The van der Waals surface area contributed by atoms with Crippen molar-refractivity contribution >= 4 is 21.6 Å². The molecule has 0 radical (unpaired) electrons. The van der Waals surface area contributed by atoms with Crippen LogP contribution in [0.2, 0.25) is 0 Å². The summed E-state index contributed by atoms with van der Waals surface area (Å²) in [6.07, 6.45) is -0.654. The molecule has 1 atom stereocenters. The molecular formula is C15H22N2O5S. The number of carbonyl (C=O) groups excluding carboxylic acids is 1. The molecule has 1 aromatic rings. The van der Waals surface area contributed by atoms with Crippen LogP contribution in [0.4, 0.5) is 5.69 Å². The third-order valence-electron chi connectivity index (χ3n) is 3.52. The molecule has 23 heavy (non-hydrogen) atoms. The average molecular weight is 342 g/mol. The molecule has 7 nitrogen and oxygen atoms in total. The maximum atomic E-state index is 12.8. The molecule has 0 aromatic heterocycles. The SMILES string of the molecule is CCO[C@H](C)C(=O)Nc1ccccc1S(=O)(=O)N1CCOCC1. The standard InChI is InChI=1S/C15H22N2O5S/c1-3-22-12(2)15(18)16-13-6-4-5-7-14(13)23(19,20)17-8-10-21-11-9-17/h4-7,12H,3,8-11H2,1-2H3,(H,16,18)/t12-/m1/s1. The number of sulfonamides is 1. The lowest BCUT2D eigenvalue weighted by Crippen LogP contribution is -2.41. The zero-order chi connectivity index (χ0) is 16.9. The van der Waals surface area contributed by atoms with E-state index in [1.807, 2.05) is 0 Å². The monoisotopic (exact) mass is 342 g/mol. The van der Waals surface area contributed by atoms with Crippen molar-refractivity contribution in [3.63, 3.8) is 0 Å². The first-order valence-corrected chi connectivity index (χ1v) is 9.00. The van der Waals surface area contributed by atoms with Crippen LogP contribution in [0.5, 0.6) is 0 Å². The molecule has 8 heteroatoms. The Kier molecular flexibility index (Phi) is 6.11. The van der Waals surface area contributed by atoms with Crippen LogP contribution in [0, 0.1) is 0 Å². The van der Waals surface area contributed by atoms with Crippen LogP contribution in [0.3, 0.4) is 0 Å². The lowest BCUT2D eigenvalue weighted by Gasteiger charge is -2.27. The molecule has 1 N–H and O–H groups in total. The van der Waals surface area contributed by atoms with Gasteiger partial charge in [-0.2, -0.15) is 4.31 Å². The van der Waals surface area contributed by atoms with Gasteiger partial charge in [0.1, 0.15) is 11.0 Å². The first-order chi connectivity index (χ1) is 11.0. The number of hydrogen-bond acceptors (Lipinski definition) is 5. The van der Waals surface area contributed by atoms with Crippen molar-refractivity contribution in [3.8, 4) is 0 Å². The van der Waals surface area contributed by atoms with Crippen molar-refractivity contribution in [2.75, 3.05) is 38.2 Å². The third kappa shape index (κ3) is 4.29. The number of rotatable bonds is 6. The smallest absolute Gasteiger partial charge is 0.253 e. The van der Waals surface area contributed by atoms with Crippen molar-refractivity contribution in [2.24, 2.45) is 0 Å². The number of amides is 1. The maximum Gasteiger partial charge on any atom is 0.253 e. The van der Waals surface area contributed by atoms with Crippen LogP contribution in [0.15, 0.2) is 29.2 Å². The summed E-state index contributed by atoms with van der Waals surface area (Å²) in [6, 6.07) is 6.38. The van der Waals surface area contributed by atoms with E-state index in [1.54, 1.807) is 32.0 Å². The molecule has 1 amide bonds. The normalized spacial score (nSPS) is 17.7. The van der Waals surface area contributed by atoms with Crippen LogP contribution in [0.25, 0.3) is 0 Å². The minimum Gasteiger partial charge on any atom is -0.379 e. The predicted molar refractivity (Wildman–Crippen MR) is 85.7 cm³/mol. The summed E-state index contributed by atoms with van der Waals surface area (Å²) in [7, 11) is -3.68. The van der Waals surface area contributed by atoms with Gasteiger partial charge in [0.2, 0.25) is 10.0 Å². The summed E-state index contributed by atoms with van der Waals surface area (Å²) in [5.41, 5.74) is 0.260. The van der Waals surface area contributed by atoms with Crippen molar-refractivity contribution in [2.45, 2.75) is 24.8 Å². The molecule has 1 aromatic carbocycles. The number of anilines is 1. The van der Waals surface area contributed by atoms with E-state index in [9.17, 15) is 13.2 Å². The Bertz CT molecular complexity index is 641. The second kappa shape index (κ2) is 7.87. The Labute approximate surface area is 136 Å². The highest BCUT2D eigenvalue weighted by Crippen LogP contribution is 2.25. The Hall–Kier alpha value is -1.48. The molecule has 1 aliphatic heterocycles. The molecule has 0 saturated carbocycles. The summed E-state index contributed by atoms with van der Waals surface area (Å²) in [5, 5.41) is 2.64. The summed E-state index contributed by atoms with van der Waals surface area (Å²) in [4.78, 5) is 12.2. The van der Waals surface area contributed by atoms with Crippen molar-refractivity contribution < 1.29 is 22.7 Å². The van der Waals surface area contributed by atoms with E-state index in [1.165, 1.54) is 10.4 Å². The third-order valence-corrected chi connectivity index (χ3v) is 5.48. The van der Waals surface area contributed by atoms with Gasteiger partial charge in [-0.05, 0) is 26.0 Å². The fourth-order valence-electron chi connectivity index (χ4n) is 2.28. The highest BCUT2D eigenvalue weighted by Gasteiger charge is 2.29. The second-order valence-electron chi connectivity index (χ2n) is 5.10. The van der Waals surface area contributed by atoms with Crippen LogP contribution in [-0.4, -0.2) is 57.6 Å². The number of ether oxygens (including phenoxy) is 2. The van der Waals surface area contributed by atoms with Crippen LogP contribution in [0.1, 0.15) is 13.8 Å². The quantitative estimate of drug-likeness (QED) is 0.836. The van der Waals surface area contributed by atoms with Gasteiger partial charge < -0.3 is 14.8 Å². The minimum absolute atomic E-state index is 0.0824. The molecule has 0 spiro atoms. The van der Waals surface area contributed by atoms with Crippen LogP contribution >= 0.6 is 0 Å². The molecular weight excluding hydrogens is 320 g/mol. The van der Waals surface area contributed by atoms with Gasteiger partial charge in [-0.25, -0.2) is 8.42 Å². The maximum absolute atomic E-state index is 12.8. The summed E-state index contributed by atoms with van der Waals surface area (Å²) >= 11 is 0. The lowest BCUT2D eigenvalue weighted by atomic mass is 10.3. The van der Waals surface area contributed by atoms with E-state index in [0.29, 0.717) is 32.9 Å². The fraction of sp³-hybridized carbons (Fsp3) is 0.533. The number of nitrogens with zero attached hydrogens (tertiary/aromatic N) is 1. The number of para-hydroxylation sites is 1. The van der Waals surface area contributed by atoms with Gasteiger partial charge in [0.15, 0.2) is 0 Å². The second-order valence-corrected chi connectivity index (χ2v) is 7.01. The van der Waals surface area contributed by atoms with Gasteiger partial charge in [-0.15, -0.1) is 0 Å². The fourth-order valence-corrected chi connectivity index (χ4v) is 3.84. The topological polar surface area (TPSA) is 84.9 Å². The summed E-state index contributed by atoms with van der Waals surface area (Å²) in [6.45, 7) is 5.17. The zero-order valence-electron chi connectivity index (χ0n) is 13.3. The first-order valence-electron chi connectivity index (χ1n) is 7.56. The number of nitrogens with one attached hydrogen (secondary N) is 1. The van der Waals surface area contributed by atoms with Gasteiger partial charge in [0.25, 0.3) is 5.91 Å². The Balaban J connectivity index is 2.24. The largest absolute Gasteiger partial charge is 0.379 e. The Morgan fingerprint density at radius 2 is 2.00 bits per heavy atom. The van der Waals surface area contributed by atoms with Crippen molar-refractivity contribution in [1.82, 2.24) is 4.31 Å². The first kappa shape index (κ1) is 17.9. The molecule has 128 valence electrons. The number of morpholine rings is 1. The number of carbonyl (C=O) groups is 1. The Morgan fingerprint density at radius 3 is 2.65 bits per heavy atom. The molecule has 0 aliphatic carbocycles. The molecule has 1 fully saturated rings. The minimum atomic E-state index is -3.68. The van der Waals surface area contributed by atoms with Gasteiger partial charge in [-0.1, -0.05) is 12.1 Å². The summed E-state index contributed by atoms with van der Waals surface area (Å²) in [5.74, 6) is -0.378. The molecule has 2 rings (SSSR count). The van der Waals surface area contributed by atoms with Gasteiger partial charge in [0.05, 0.1) is 18.9 Å². The van der Waals surface area contributed by atoms with E-state index in [2.05, 4.69) is 5.32 Å². The van der Waals surface area contributed by atoms with Gasteiger partial charge >= 0.3 is 0 Å². The average Bonchev–Trinajstić information content (AvgIpc) is 2.56. The molecule has 1 aliphatic rings. The van der Waals surface area contributed by atoms with Crippen LogP contribution in [-0.2, 0) is 24.3 Å². The molecule has 1 saturated heterocycles. The Morgan fingerprint density at radius 1 is 1.35 bits per heavy atom. The van der Waals surface area contributed by atoms with E-state index in [-0.39, 0.29) is 16.5 Å². The molecule has 0 bridgehead atoms. The molecule has 1 heterocycles. The summed E-state index contributed by atoms with van der Waals surface area (Å²) < 4.78 is 37.3. The van der Waals surface area contributed by atoms with Gasteiger partial charge in [-0.3, -0.25) is 4.79 Å². The van der Waals surface area contributed by atoms with E-state index >= 15 is 0 Å². The lowest BCUT2D eigenvalue weighted by molar-refractivity contribution is -0.126. The zero-order valence-corrected chi connectivity index (χ0v) is 14.1. The highest BCUT2D eigenvalue weighted by molar-refractivity contribution is 7.89.